The fraction of sp³-hybridized carbons (Fsp3) is 0.474. The van der Waals surface area contributed by atoms with Crippen LogP contribution in [-0.4, -0.2) is 24.8 Å². The lowest BCUT2D eigenvalue weighted by atomic mass is 9.54. The molecule has 1 saturated heterocycles. The largest absolute Gasteiger partial charge is 0.329 e. The Morgan fingerprint density at radius 3 is 2.64 bits per heavy atom. The number of nitriles is 3. The van der Waals surface area contributed by atoms with Gasteiger partial charge in [-0.3, -0.25) is 0 Å². The van der Waals surface area contributed by atoms with Gasteiger partial charge < -0.3 is 10.3 Å². The molecule has 25 heavy (non-hydrogen) atoms. The zero-order valence-electron chi connectivity index (χ0n) is 13.9. The Balaban J connectivity index is 1.99. The Labute approximate surface area is 150 Å². The molecule has 6 heteroatoms. The molecular formula is C19H18N5S+. The van der Waals surface area contributed by atoms with Crippen molar-refractivity contribution in [2.24, 2.45) is 17.3 Å². The van der Waals surface area contributed by atoms with Crippen LogP contribution in [0.25, 0.3) is 0 Å². The number of hydrogen-bond acceptors (Lipinski definition) is 5. The molecule has 0 aromatic carbocycles. The van der Waals surface area contributed by atoms with Gasteiger partial charge >= 0.3 is 0 Å². The molecule has 2 aliphatic heterocycles. The molecule has 3 heterocycles. The molecule has 0 radical (unpaired) electrons. The molecule has 2 bridgehead atoms. The maximum Gasteiger partial charge on any atom is 0.190 e. The predicted octanol–water partition coefficient (Wildman–Crippen LogP) is 1.64. The third kappa shape index (κ3) is 1.91. The van der Waals surface area contributed by atoms with Crippen molar-refractivity contribution >= 4 is 17.0 Å². The van der Waals surface area contributed by atoms with Crippen LogP contribution in [0.1, 0.15) is 23.6 Å². The number of likely N-dealkylation sites (N-methyl/N-ethyl adjacent to an activating group) is 1. The van der Waals surface area contributed by atoms with Gasteiger partial charge in [-0.25, -0.2) is 0 Å². The summed E-state index contributed by atoms with van der Waals surface area (Å²) >= 11 is 1.54. The number of thiophene rings is 1. The molecule has 6 atom stereocenters. The van der Waals surface area contributed by atoms with Gasteiger partial charge in [-0.2, -0.15) is 15.8 Å². The highest BCUT2D eigenvalue weighted by Crippen LogP contribution is 2.56. The number of nitrogens with zero attached hydrogens (tertiary/aromatic N) is 3. The summed E-state index contributed by atoms with van der Waals surface area (Å²) in [5, 5.41) is 40.2. The SMILES string of the molecule is C[NH+]1[C@@H]2C=C3C(C#N)C(=N)C(C#N)(C#N)[C@@H](c4cccs4)[C@H]3[C@H]1CC2. The van der Waals surface area contributed by atoms with Crippen molar-refractivity contribution in [2.75, 3.05) is 7.05 Å². The minimum atomic E-state index is -1.57. The van der Waals surface area contributed by atoms with Crippen LogP contribution < -0.4 is 4.90 Å². The lowest BCUT2D eigenvalue weighted by Crippen LogP contribution is -3.15. The smallest absolute Gasteiger partial charge is 0.190 e. The molecule has 4 rings (SSSR count). The summed E-state index contributed by atoms with van der Waals surface area (Å²) in [6, 6.07) is 11.1. The minimum absolute atomic E-state index is 0.0320. The van der Waals surface area contributed by atoms with Crippen LogP contribution in [0.2, 0.25) is 0 Å². The summed E-state index contributed by atoms with van der Waals surface area (Å²) in [5.74, 6) is -1.16. The molecule has 1 saturated carbocycles. The van der Waals surface area contributed by atoms with Crippen molar-refractivity contribution in [3.05, 3.63) is 34.0 Å². The minimum Gasteiger partial charge on any atom is -0.329 e. The van der Waals surface area contributed by atoms with Crippen molar-refractivity contribution in [1.82, 2.24) is 0 Å². The lowest BCUT2D eigenvalue weighted by molar-refractivity contribution is -0.916. The third-order valence-corrected chi connectivity index (χ3v) is 7.33. The molecule has 3 aliphatic rings. The van der Waals surface area contributed by atoms with Crippen LogP contribution in [0.5, 0.6) is 0 Å². The summed E-state index contributed by atoms with van der Waals surface area (Å²) in [5.41, 5.74) is -0.631. The highest BCUT2D eigenvalue weighted by molar-refractivity contribution is 7.10. The fourth-order valence-electron chi connectivity index (χ4n) is 5.17. The second kappa shape index (κ2) is 5.53. The third-order valence-electron chi connectivity index (χ3n) is 6.37. The highest BCUT2D eigenvalue weighted by Gasteiger charge is 2.63. The standard InChI is InChI=1S/C19H17N5S/c1-24-11-4-5-14(24)16-12(7-11)13(8-20)18(23)19(9-21,10-22)17(16)15-3-2-6-25-15/h2-3,6-7,11,13-14,16-17,23H,4-5H2,1H3/p+1/t11-,13?,14+,16+,17-/m0/s1. The molecule has 2 unspecified atom stereocenters. The quantitative estimate of drug-likeness (QED) is 0.755. The Bertz CT molecular complexity index is 864. The summed E-state index contributed by atoms with van der Waals surface area (Å²) in [4.78, 5) is 2.38. The Morgan fingerprint density at radius 2 is 2.04 bits per heavy atom. The Hall–Kier alpha value is -2.46. The summed E-state index contributed by atoms with van der Waals surface area (Å²) in [6.45, 7) is 0. The summed E-state index contributed by atoms with van der Waals surface area (Å²) in [7, 11) is 2.17. The predicted molar refractivity (Wildman–Crippen MR) is 92.8 cm³/mol. The first-order valence-electron chi connectivity index (χ1n) is 8.48. The lowest BCUT2D eigenvalue weighted by Gasteiger charge is -2.48. The van der Waals surface area contributed by atoms with E-state index in [9.17, 15) is 15.8 Å². The van der Waals surface area contributed by atoms with Crippen molar-refractivity contribution in [3.63, 3.8) is 0 Å². The molecular weight excluding hydrogens is 330 g/mol. The van der Waals surface area contributed by atoms with E-state index in [0.717, 1.165) is 23.3 Å². The van der Waals surface area contributed by atoms with Crippen LogP contribution in [0.3, 0.4) is 0 Å². The van der Waals surface area contributed by atoms with Crippen LogP contribution in [0.4, 0.5) is 0 Å². The number of nitrogens with one attached hydrogen (secondary N) is 2. The molecule has 1 aliphatic carbocycles. The van der Waals surface area contributed by atoms with Crippen LogP contribution in [-0.2, 0) is 0 Å². The van der Waals surface area contributed by atoms with Gasteiger partial charge in [0.05, 0.1) is 37.0 Å². The van der Waals surface area contributed by atoms with Crippen LogP contribution in [0, 0.1) is 56.7 Å². The molecule has 0 amide bonds. The van der Waals surface area contributed by atoms with E-state index >= 15 is 0 Å². The van der Waals surface area contributed by atoms with E-state index in [1.54, 1.807) is 0 Å². The Morgan fingerprint density at radius 1 is 1.28 bits per heavy atom. The van der Waals surface area contributed by atoms with E-state index in [1.165, 1.54) is 16.2 Å². The van der Waals surface area contributed by atoms with Crippen molar-refractivity contribution in [2.45, 2.75) is 30.8 Å². The average Bonchev–Trinajstić information content (AvgIpc) is 3.21. The number of quaternary nitrogens is 1. The van der Waals surface area contributed by atoms with Crippen LogP contribution >= 0.6 is 11.3 Å². The molecule has 0 spiro atoms. The fourth-order valence-corrected chi connectivity index (χ4v) is 6.11. The van der Waals surface area contributed by atoms with Gasteiger partial charge in [0.15, 0.2) is 5.41 Å². The van der Waals surface area contributed by atoms with E-state index in [1.807, 2.05) is 17.5 Å². The first kappa shape index (κ1) is 16.0. The van der Waals surface area contributed by atoms with E-state index < -0.39 is 11.3 Å². The number of fused-ring (bicyclic) bond motifs is 4. The molecule has 1 aromatic heterocycles. The highest BCUT2D eigenvalue weighted by atomic mass is 32.1. The Kier molecular flexibility index (Phi) is 3.55. The van der Waals surface area contributed by atoms with Crippen LogP contribution in [0.15, 0.2) is 29.2 Å². The van der Waals surface area contributed by atoms with Crippen molar-refractivity contribution in [1.29, 1.82) is 21.2 Å². The normalized spacial score (nSPS) is 38.0. The van der Waals surface area contributed by atoms with Crippen molar-refractivity contribution < 1.29 is 4.90 Å². The van der Waals surface area contributed by atoms with Gasteiger partial charge in [-0.1, -0.05) is 6.07 Å². The number of rotatable bonds is 1. The van der Waals surface area contributed by atoms with Gasteiger partial charge in [0.1, 0.15) is 12.0 Å². The van der Waals surface area contributed by atoms with E-state index in [-0.39, 0.29) is 17.5 Å². The summed E-state index contributed by atoms with van der Waals surface area (Å²) < 4.78 is 0. The second-order valence-electron chi connectivity index (χ2n) is 7.23. The number of hydrogen-bond donors (Lipinski definition) is 2. The molecule has 1 aromatic rings. The molecule has 2 fully saturated rings. The van der Waals surface area contributed by atoms with Gasteiger partial charge in [0, 0.05) is 29.6 Å². The van der Waals surface area contributed by atoms with Gasteiger partial charge in [-0.05, 0) is 23.1 Å². The van der Waals surface area contributed by atoms with E-state index in [0.29, 0.717) is 12.1 Å². The van der Waals surface area contributed by atoms with Gasteiger partial charge in [-0.15, -0.1) is 11.3 Å². The first-order valence-corrected chi connectivity index (χ1v) is 9.36. The monoisotopic (exact) mass is 348 g/mol. The van der Waals surface area contributed by atoms with Gasteiger partial charge in [0.2, 0.25) is 0 Å². The first-order chi connectivity index (χ1) is 12.1. The molecule has 124 valence electrons. The zero-order valence-corrected chi connectivity index (χ0v) is 14.7. The van der Waals surface area contributed by atoms with E-state index in [4.69, 9.17) is 5.41 Å². The maximum atomic E-state index is 9.98. The second-order valence-corrected chi connectivity index (χ2v) is 8.21. The van der Waals surface area contributed by atoms with E-state index in [2.05, 4.69) is 31.3 Å². The molecule has 5 nitrogen and oxygen atoms in total. The average molecular weight is 348 g/mol. The zero-order chi connectivity index (χ0) is 17.8. The topological polar surface area (TPSA) is 99.7 Å². The molecule has 2 N–H and O–H groups in total. The van der Waals surface area contributed by atoms with Crippen molar-refractivity contribution in [3.8, 4) is 18.2 Å². The maximum absolute atomic E-state index is 9.98. The van der Waals surface area contributed by atoms with Gasteiger partial charge in [0.25, 0.3) is 0 Å². The summed E-state index contributed by atoms with van der Waals surface area (Å²) in [6.07, 6.45) is 4.26.